The van der Waals surface area contributed by atoms with Gasteiger partial charge >= 0.3 is 0 Å². The van der Waals surface area contributed by atoms with Gasteiger partial charge in [-0.05, 0) is 19.1 Å². The second-order valence-electron chi connectivity index (χ2n) is 5.99. The standard InChI is InChI=1S/C19H19N7O2S2/c1-2-26-17(6-9-22-26)28-14-11-13(29-16-5-3-4-8-20-16)12-21-18(14)24-19-23-15(7-10-27)25-30-19/h3-6,8-9,11-12,27H,2,7,10H2,1H3,(H,21,23,24,25). The van der Waals surface area contributed by atoms with Gasteiger partial charge in [-0.1, -0.05) is 17.8 Å². The first kappa shape index (κ1) is 20.3. The van der Waals surface area contributed by atoms with Crippen LogP contribution in [0.15, 0.2) is 58.8 Å². The number of aliphatic hydroxyl groups excluding tert-OH is 1. The summed E-state index contributed by atoms with van der Waals surface area (Å²) >= 11 is 2.70. The highest BCUT2D eigenvalue weighted by Gasteiger charge is 2.14. The fourth-order valence-corrected chi connectivity index (χ4v) is 3.93. The first-order valence-electron chi connectivity index (χ1n) is 9.24. The molecule has 0 spiro atoms. The minimum absolute atomic E-state index is 0.00321. The van der Waals surface area contributed by atoms with E-state index in [4.69, 9.17) is 9.84 Å². The molecule has 0 fully saturated rings. The Hall–Kier alpha value is -3.02. The van der Waals surface area contributed by atoms with Crippen LogP contribution in [0.3, 0.4) is 0 Å². The monoisotopic (exact) mass is 441 g/mol. The molecule has 4 aromatic rings. The Morgan fingerprint density at radius 2 is 2.17 bits per heavy atom. The van der Waals surface area contributed by atoms with E-state index < -0.39 is 0 Å². The number of aromatic nitrogens is 6. The van der Waals surface area contributed by atoms with E-state index in [1.165, 1.54) is 23.3 Å². The van der Waals surface area contributed by atoms with Crippen molar-refractivity contribution in [1.29, 1.82) is 0 Å². The largest absolute Gasteiger partial charge is 0.435 e. The zero-order chi connectivity index (χ0) is 20.8. The minimum atomic E-state index is 0.00321. The Bertz CT molecular complexity index is 1100. The Morgan fingerprint density at radius 3 is 2.97 bits per heavy atom. The molecule has 0 unspecified atom stereocenters. The third kappa shape index (κ3) is 4.93. The van der Waals surface area contributed by atoms with Gasteiger partial charge in [-0.25, -0.2) is 19.6 Å². The molecular weight excluding hydrogens is 422 g/mol. The van der Waals surface area contributed by atoms with Gasteiger partial charge in [0.1, 0.15) is 10.9 Å². The minimum Gasteiger partial charge on any atom is -0.435 e. The average molecular weight is 442 g/mol. The molecule has 0 aliphatic heterocycles. The van der Waals surface area contributed by atoms with Crippen LogP contribution in [0.1, 0.15) is 12.7 Å². The summed E-state index contributed by atoms with van der Waals surface area (Å²) in [5.74, 6) is 2.24. The summed E-state index contributed by atoms with van der Waals surface area (Å²) in [4.78, 5) is 14.1. The van der Waals surface area contributed by atoms with Crippen LogP contribution in [0, 0.1) is 0 Å². The molecule has 0 saturated carbocycles. The van der Waals surface area contributed by atoms with Gasteiger partial charge in [0, 0.05) is 53.9 Å². The van der Waals surface area contributed by atoms with Crippen LogP contribution < -0.4 is 10.1 Å². The maximum absolute atomic E-state index is 9.06. The fourth-order valence-electron chi connectivity index (χ4n) is 2.55. The molecule has 0 aliphatic rings. The number of ether oxygens (including phenoxy) is 1. The van der Waals surface area contributed by atoms with E-state index in [2.05, 4.69) is 29.7 Å². The van der Waals surface area contributed by atoms with Gasteiger partial charge in [0.2, 0.25) is 11.0 Å². The molecule has 0 radical (unpaired) electrons. The summed E-state index contributed by atoms with van der Waals surface area (Å²) in [6.45, 7) is 2.68. The van der Waals surface area contributed by atoms with Gasteiger partial charge in [0.25, 0.3) is 0 Å². The maximum Gasteiger partial charge on any atom is 0.217 e. The third-order valence-electron chi connectivity index (χ3n) is 3.91. The molecule has 154 valence electrons. The summed E-state index contributed by atoms with van der Waals surface area (Å²) in [5, 5.41) is 17.9. The highest BCUT2D eigenvalue weighted by molar-refractivity contribution is 7.99. The van der Waals surface area contributed by atoms with Crippen LogP contribution in [0.4, 0.5) is 10.9 Å². The lowest BCUT2D eigenvalue weighted by molar-refractivity contribution is 0.297. The Balaban J connectivity index is 1.63. The van der Waals surface area contributed by atoms with E-state index in [1.54, 1.807) is 29.3 Å². The number of hydrogen-bond acceptors (Lipinski definition) is 10. The summed E-state index contributed by atoms with van der Waals surface area (Å²) < 4.78 is 12.1. The van der Waals surface area contributed by atoms with Gasteiger partial charge in [-0.2, -0.15) is 9.47 Å². The average Bonchev–Trinajstić information content (AvgIpc) is 3.40. The van der Waals surface area contributed by atoms with Gasteiger partial charge in [0.05, 0.1) is 12.8 Å². The van der Waals surface area contributed by atoms with E-state index in [1.807, 2.05) is 31.2 Å². The predicted molar refractivity (Wildman–Crippen MR) is 115 cm³/mol. The zero-order valence-corrected chi connectivity index (χ0v) is 17.7. The molecular formula is C19H19N7O2S2. The molecule has 2 N–H and O–H groups in total. The predicted octanol–water partition coefficient (Wildman–Crippen LogP) is 3.77. The van der Waals surface area contributed by atoms with E-state index in [0.717, 1.165) is 9.92 Å². The summed E-state index contributed by atoms with van der Waals surface area (Å²) in [5.41, 5.74) is 0. The second-order valence-corrected chi connectivity index (χ2v) is 7.84. The topological polar surface area (TPSA) is 111 Å². The van der Waals surface area contributed by atoms with Crippen molar-refractivity contribution in [2.75, 3.05) is 11.9 Å². The number of anilines is 2. The Kier molecular flexibility index (Phi) is 6.52. The maximum atomic E-state index is 9.06. The number of hydrogen-bond donors (Lipinski definition) is 2. The van der Waals surface area contributed by atoms with Crippen molar-refractivity contribution in [3.05, 3.63) is 54.7 Å². The van der Waals surface area contributed by atoms with Crippen LogP contribution in [0.2, 0.25) is 0 Å². The van der Waals surface area contributed by atoms with Gasteiger partial charge in [0.15, 0.2) is 11.6 Å². The highest BCUT2D eigenvalue weighted by Crippen LogP contribution is 2.35. The fraction of sp³-hybridized carbons (Fsp3) is 0.211. The molecule has 4 aromatic heterocycles. The molecule has 11 heteroatoms. The molecule has 0 saturated heterocycles. The molecule has 30 heavy (non-hydrogen) atoms. The zero-order valence-electron chi connectivity index (χ0n) is 16.1. The third-order valence-corrected chi connectivity index (χ3v) is 5.49. The van der Waals surface area contributed by atoms with E-state index in [0.29, 0.717) is 41.4 Å². The van der Waals surface area contributed by atoms with Crippen LogP contribution in [0.25, 0.3) is 0 Å². The number of rotatable bonds is 9. The summed E-state index contributed by atoms with van der Waals surface area (Å²) in [7, 11) is 0. The lowest BCUT2D eigenvalue weighted by Gasteiger charge is -2.12. The SMILES string of the molecule is CCn1nccc1Oc1cc(Sc2ccccn2)cnc1Nc1nc(CCO)ns1. The Labute approximate surface area is 181 Å². The summed E-state index contributed by atoms with van der Waals surface area (Å²) in [6.07, 6.45) is 5.60. The molecule has 9 nitrogen and oxygen atoms in total. The number of pyridine rings is 2. The number of nitrogens with one attached hydrogen (secondary N) is 1. The summed E-state index contributed by atoms with van der Waals surface area (Å²) in [6, 6.07) is 9.46. The normalized spacial score (nSPS) is 10.9. The van der Waals surface area contributed by atoms with E-state index in [-0.39, 0.29) is 6.61 Å². The van der Waals surface area contributed by atoms with Crippen molar-refractivity contribution in [1.82, 2.24) is 29.1 Å². The number of nitrogens with zero attached hydrogens (tertiary/aromatic N) is 6. The lowest BCUT2D eigenvalue weighted by atomic mass is 10.4. The van der Waals surface area contributed by atoms with Crippen molar-refractivity contribution < 1.29 is 9.84 Å². The first-order valence-corrected chi connectivity index (χ1v) is 10.8. The van der Waals surface area contributed by atoms with Gasteiger partial charge < -0.3 is 15.2 Å². The van der Waals surface area contributed by atoms with Gasteiger partial charge in [-0.3, -0.25) is 0 Å². The van der Waals surface area contributed by atoms with Crippen LogP contribution >= 0.6 is 23.3 Å². The van der Waals surface area contributed by atoms with E-state index in [9.17, 15) is 0 Å². The Morgan fingerprint density at radius 1 is 1.23 bits per heavy atom. The molecule has 4 rings (SSSR count). The van der Waals surface area contributed by atoms with E-state index >= 15 is 0 Å². The lowest BCUT2D eigenvalue weighted by Crippen LogP contribution is -2.02. The smallest absolute Gasteiger partial charge is 0.217 e. The molecule has 4 heterocycles. The van der Waals surface area contributed by atoms with Crippen molar-refractivity contribution in [3.8, 4) is 11.6 Å². The molecule has 0 atom stereocenters. The van der Waals surface area contributed by atoms with Crippen LogP contribution in [-0.2, 0) is 13.0 Å². The second kappa shape index (κ2) is 9.65. The number of aliphatic hydroxyl groups is 1. The molecule has 0 amide bonds. The highest BCUT2D eigenvalue weighted by atomic mass is 32.2. The van der Waals surface area contributed by atoms with Crippen LogP contribution in [-0.4, -0.2) is 40.8 Å². The van der Waals surface area contributed by atoms with Crippen molar-refractivity contribution in [2.45, 2.75) is 29.8 Å². The van der Waals surface area contributed by atoms with Crippen molar-refractivity contribution in [3.63, 3.8) is 0 Å². The molecule has 0 aromatic carbocycles. The number of aryl methyl sites for hydroxylation is 1. The molecule has 0 aliphatic carbocycles. The van der Waals surface area contributed by atoms with Crippen molar-refractivity contribution in [2.24, 2.45) is 0 Å². The molecule has 0 bridgehead atoms. The van der Waals surface area contributed by atoms with Crippen molar-refractivity contribution >= 4 is 34.2 Å². The first-order chi connectivity index (χ1) is 14.7. The van der Waals surface area contributed by atoms with Gasteiger partial charge in [-0.15, -0.1) is 0 Å². The quantitative estimate of drug-likeness (QED) is 0.401. The van der Waals surface area contributed by atoms with Crippen LogP contribution in [0.5, 0.6) is 11.6 Å².